The van der Waals surface area contributed by atoms with Crippen LogP contribution in [0.3, 0.4) is 0 Å². The van der Waals surface area contributed by atoms with Crippen molar-refractivity contribution in [3.05, 3.63) is 28.3 Å². The monoisotopic (exact) mass is 336 g/mol. The lowest BCUT2D eigenvalue weighted by atomic mass is 10.1. The van der Waals surface area contributed by atoms with Crippen LogP contribution >= 0.6 is 11.6 Å². The number of hydrogen-bond donors (Lipinski definition) is 0. The van der Waals surface area contributed by atoms with Gasteiger partial charge in [-0.05, 0) is 95.5 Å². The average molecular weight is 337 g/mol. The molecule has 0 spiro atoms. The number of unbranched alkanes of at least 4 members (excludes halogenated alkanes) is 1. The maximum Gasteiger partial charge on any atom is 0.138 e. The van der Waals surface area contributed by atoms with Crippen LogP contribution in [0.1, 0.15) is 49.3 Å². The van der Waals surface area contributed by atoms with Crippen molar-refractivity contribution in [2.45, 2.75) is 44.6 Å². The summed E-state index contributed by atoms with van der Waals surface area (Å²) in [6.45, 7) is 4.35. The quantitative estimate of drug-likeness (QED) is 0.696. The lowest BCUT2D eigenvalue weighted by Crippen LogP contribution is -2.23. The number of aryl methyl sites for hydroxylation is 1. The fraction of sp³-hybridized carbons (Fsp3) is 0.684. The van der Waals surface area contributed by atoms with E-state index in [1.165, 1.54) is 43.5 Å². The first kappa shape index (κ1) is 17.1. The van der Waals surface area contributed by atoms with Gasteiger partial charge in [0, 0.05) is 6.04 Å². The van der Waals surface area contributed by atoms with E-state index in [1.807, 2.05) is 0 Å². The second-order valence-corrected chi connectivity index (χ2v) is 7.55. The van der Waals surface area contributed by atoms with Crippen LogP contribution in [0.5, 0.6) is 5.75 Å². The van der Waals surface area contributed by atoms with Crippen LogP contribution in [0.2, 0.25) is 5.02 Å². The van der Waals surface area contributed by atoms with E-state index >= 15 is 0 Å². The zero-order valence-electron chi connectivity index (χ0n) is 14.5. The Bertz CT molecular complexity index is 526. The molecular formula is C19H29ClN2O. The lowest BCUT2D eigenvalue weighted by Gasteiger charge is -2.24. The zero-order chi connectivity index (χ0) is 16.2. The lowest BCUT2D eigenvalue weighted by molar-refractivity contribution is 0.245. The highest BCUT2D eigenvalue weighted by Gasteiger charge is 2.30. The third-order valence-corrected chi connectivity index (χ3v) is 5.37. The molecule has 0 bridgehead atoms. The molecular weight excluding hydrogens is 308 g/mol. The summed E-state index contributed by atoms with van der Waals surface area (Å²) in [5.41, 5.74) is 2.88. The van der Waals surface area contributed by atoms with Crippen molar-refractivity contribution in [2.24, 2.45) is 0 Å². The summed E-state index contributed by atoms with van der Waals surface area (Å²) in [7, 11) is 4.21. The fourth-order valence-electron chi connectivity index (χ4n) is 3.84. The van der Waals surface area contributed by atoms with Gasteiger partial charge >= 0.3 is 0 Å². The molecule has 1 aliphatic carbocycles. The zero-order valence-corrected chi connectivity index (χ0v) is 15.2. The van der Waals surface area contributed by atoms with Gasteiger partial charge in [-0.1, -0.05) is 11.6 Å². The molecule has 1 unspecified atom stereocenters. The summed E-state index contributed by atoms with van der Waals surface area (Å²) in [4.78, 5) is 4.84. The molecule has 4 heteroatoms. The number of hydrogen-bond acceptors (Lipinski definition) is 3. The Morgan fingerprint density at radius 3 is 2.74 bits per heavy atom. The van der Waals surface area contributed by atoms with Gasteiger partial charge in [0.1, 0.15) is 5.75 Å². The predicted molar refractivity (Wildman–Crippen MR) is 96.6 cm³/mol. The molecule has 2 aliphatic rings. The number of fused-ring (bicyclic) bond motifs is 1. The maximum absolute atomic E-state index is 6.49. The first-order valence-electron chi connectivity index (χ1n) is 8.99. The molecule has 1 aromatic carbocycles. The number of ether oxygens (including phenoxy) is 1. The standard InChI is InChI=1S/C19H29ClN2O/c1-21(2)9-5-6-12-23-19-13-15-7-8-18(16(15)14-17(19)20)22-10-3-4-11-22/h13-14,18H,3-12H2,1-2H3. The summed E-state index contributed by atoms with van der Waals surface area (Å²) in [6.07, 6.45) is 7.30. The fourth-order valence-corrected chi connectivity index (χ4v) is 4.07. The summed E-state index contributed by atoms with van der Waals surface area (Å²) < 4.78 is 5.94. The van der Waals surface area contributed by atoms with Gasteiger partial charge in [-0.15, -0.1) is 0 Å². The molecule has 1 aliphatic heterocycles. The number of rotatable bonds is 7. The molecule has 1 fully saturated rings. The third-order valence-electron chi connectivity index (χ3n) is 5.08. The highest BCUT2D eigenvalue weighted by molar-refractivity contribution is 6.32. The normalized spacial score (nSPS) is 21.1. The predicted octanol–water partition coefficient (Wildman–Crippen LogP) is 4.14. The van der Waals surface area contributed by atoms with Crippen LogP contribution in [-0.4, -0.2) is 50.1 Å². The molecule has 1 saturated heterocycles. The Labute approximate surface area is 145 Å². The van der Waals surface area contributed by atoms with Gasteiger partial charge in [0.25, 0.3) is 0 Å². The van der Waals surface area contributed by atoms with Gasteiger partial charge in [0.15, 0.2) is 0 Å². The Hall–Kier alpha value is -0.770. The Balaban J connectivity index is 1.59. The molecule has 3 nitrogen and oxygen atoms in total. The molecule has 1 atom stereocenters. The minimum atomic E-state index is 0.583. The first-order chi connectivity index (χ1) is 11.1. The molecule has 0 N–H and O–H groups in total. The van der Waals surface area contributed by atoms with Crippen LogP contribution in [-0.2, 0) is 6.42 Å². The van der Waals surface area contributed by atoms with Crippen molar-refractivity contribution in [3.63, 3.8) is 0 Å². The summed E-state index contributed by atoms with van der Waals surface area (Å²) >= 11 is 6.49. The molecule has 128 valence electrons. The van der Waals surface area contributed by atoms with Gasteiger partial charge in [-0.3, -0.25) is 4.90 Å². The first-order valence-corrected chi connectivity index (χ1v) is 9.37. The van der Waals surface area contributed by atoms with Crippen LogP contribution in [0.15, 0.2) is 12.1 Å². The molecule has 0 aromatic heterocycles. The van der Waals surface area contributed by atoms with Crippen molar-refractivity contribution >= 4 is 11.6 Å². The minimum absolute atomic E-state index is 0.583. The van der Waals surface area contributed by atoms with Gasteiger partial charge < -0.3 is 9.64 Å². The van der Waals surface area contributed by atoms with Crippen molar-refractivity contribution in [2.75, 3.05) is 40.3 Å². The van der Waals surface area contributed by atoms with E-state index in [1.54, 1.807) is 0 Å². The van der Waals surface area contributed by atoms with Crippen LogP contribution in [0, 0.1) is 0 Å². The van der Waals surface area contributed by atoms with Crippen LogP contribution in [0.4, 0.5) is 0 Å². The van der Waals surface area contributed by atoms with E-state index in [9.17, 15) is 0 Å². The topological polar surface area (TPSA) is 15.7 Å². The number of likely N-dealkylation sites (tertiary alicyclic amines) is 1. The van der Waals surface area contributed by atoms with Crippen molar-refractivity contribution < 1.29 is 4.74 Å². The molecule has 1 aromatic rings. The summed E-state index contributed by atoms with van der Waals surface area (Å²) in [5, 5.41) is 0.780. The average Bonchev–Trinajstić information content (AvgIpc) is 3.15. The van der Waals surface area contributed by atoms with Gasteiger partial charge in [0.05, 0.1) is 11.6 Å². The van der Waals surface area contributed by atoms with Gasteiger partial charge in [-0.2, -0.15) is 0 Å². The second-order valence-electron chi connectivity index (χ2n) is 7.14. The van der Waals surface area contributed by atoms with Crippen LogP contribution < -0.4 is 4.74 Å². The number of halogens is 1. The van der Waals surface area contributed by atoms with Gasteiger partial charge in [-0.25, -0.2) is 0 Å². The smallest absolute Gasteiger partial charge is 0.138 e. The third kappa shape index (κ3) is 4.20. The summed E-state index contributed by atoms with van der Waals surface area (Å²) in [5.74, 6) is 0.873. The van der Waals surface area contributed by atoms with E-state index in [2.05, 4.69) is 36.0 Å². The van der Waals surface area contributed by atoms with E-state index in [0.29, 0.717) is 6.04 Å². The van der Waals surface area contributed by atoms with E-state index in [-0.39, 0.29) is 0 Å². The number of nitrogens with zero attached hydrogens (tertiary/aromatic N) is 2. The van der Waals surface area contributed by atoms with E-state index in [0.717, 1.165) is 43.2 Å². The summed E-state index contributed by atoms with van der Waals surface area (Å²) in [6, 6.07) is 4.95. The molecule has 1 heterocycles. The van der Waals surface area contributed by atoms with Crippen molar-refractivity contribution in [1.29, 1.82) is 0 Å². The van der Waals surface area contributed by atoms with Crippen molar-refractivity contribution in [1.82, 2.24) is 9.80 Å². The maximum atomic E-state index is 6.49. The Kier molecular flexibility index (Phi) is 5.84. The Morgan fingerprint density at radius 2 is 2.00 bits per heavy atom. The largest absolute Gasteiger partial charge is 0.492 e. The molecule has 23 heavy (non-hydrogen) atoms. The minimum Gasteiger partial charge on any atom is -0.492 e. The molecule has 0 radical (unpaired) electrons. The Morgan fingerprint density at radius 1 is 1.22 bits per heavy atom. The molecule has 0 amide bonds. The molecule has 3 rings (SSSR count). The SMILES string of the molecule is CN(C)CCCCOc1cc2c(cc1Cl)C(N1CCCC1)CC2. The van der Waals surface area contributed by atoms with Crippen molar-refractivity contribution in [3.8, 4) is 5.75 Å². The van der Waals surface area contributed by atoms with Gasteiger partial charge in [0.2, 0.25) is 0 Å². The van der Waals surface area contributed by atoms with E-state index < -0.39 is 0 Å². The van der Waals surface area contributed by atoms with Crippen LogP contribution in [0.25, 0.3) is 0 Å². The second kappa shape index (κ2) is 7.87. The highest BCUT2D eigenvalue weighted by Crippen LogP contribution is 2.41. The highest BCUT2D eigenvalue weighted by atomic mass is 35.5. The number of benzene rings is 1. The molecule has 0 saturated carbocycles. The van der Waals surface area contributed by atoms with E-state index in [4.69, 9.17) is 16.3 Å².